The number of rotatable bonds is 6. The first-order valence-electron chi connectivity index (χ1n) is 11.0. The summed E-state index contributed by atoms with van der Waals surface area (Å²) in [6, 6.07) is 2.09. The lowest BCUT2D eigenvalue weighted by molar-refractivity contribution is 0.0531. The number of nitrogens with zero attached hydrogens (tertiary/aromatic N) is 4. The van der Waals surface area contributed by atoms with Crippen LogP contribution in [0.2, 0.25) is 0 Å². The minimum Gasteiger partial charge on any atom is -0.462 e. The number of carbonyl (C=O) groups is 1. The number of anilines is 3. The van der Waals surface area contributed by atoms with Crippen LogP contribution in [0.1, 0.15) is 59.6 Å². The monoisotopic (exact) mass is 446 g/mol. The maximum absolute atomic E-state index is 12.1. The Balaban J connectivity index is 1.60. The first kappa shape index (κ1) is 21.9. The quantitative estimate of drug-likeness (QED) is 0.576. The number of aryl methyl sites for hydroxylation is 1. The number of esters is 1. The molecule has 0 amide bonds. The van der Waals surface area contributed by atoms with E-state index in [9.17, 15) is 9.90 Å². The number of nitrogens with one attached hydrogen (secondary N) is 2. The van der Waals surface area contributed by atoms with Crippen LogP contribution >= 0.6 is 11.3 Å². The van der Waals surface area contributed by atoms with E-state index in [1.807, 2.05) is 0 Å². The number of aliphatic hydroxyl groups excluding tert-OH is 1. The predicted octanol–water partition coefficient (Wildman–Crippen LogP) is 2.59. The molecule has 0 aliphatic carbocycles. The number of aromatic nitrogens is 3. The Labute approximate surface area is 186 Å². The van der Waals surface area contributed by atoms with Gasteiger partial charge in [0.05, 0.1) is 24.1 Å². The summed E-state index contributed by atoms with van der Waals surface area (Å²) in [5.74, 6) is 1.38. The van der Waals surface area contributed by atoms with Gasteiger partial charge in [0.25, 0.3) is 0 Å². The molecule has 2 aliphatic heterocycles. The van der Waals surface area contributed by atoms with Gasteiger partial charge in [-0.05, 0) is 52.6 Å². The van der Waals surface area contributed by atoms with E-state index in [1.165, 1.54) is 11.3 Å². The molecular weight excluding hydrogens is 416 g/mol. The average Bonchev–Trinajstić information content (AvgIpc) is 3.15. The number of carbonyl (C=O) groups excluding carboxylic acids is 1. The molecule has 3 N–H and O–H groups in total. The average molecular weight is 447 g/mol. The third-order valence-electron chi connectivity index (χ3n) is 5.75. The topological polar surface area (TPSA) is 112 Å². The van der Waals surface area contributed by atoms with Crippen LogP contribution in [0.4, 0.5) is 16.9 Å². The summed E-state index contributed by atoms with van der Waals surface area (Å²) < 4.78 is 5.12. The molecule has 0 radical (unpaired) electrons. The summed E-state index contributed by atoms with van der Waals surface area (Å²) in [5.41, 5.74) is 1.66. The molecule has 0 bridgehead atoms. The lowest BCUT2D eigenvalue weighted by atomic mass is 9.94. The molecule has 0 spiro atoms. The molecule has 31 heavy (non-hydrogen) atoms. The van der Waals surface area contributed by atoms with Gasteiger partial charge >= 0.3 is 5.97 Å². The van der Waals surface area contributed by atoms with Crippen molar-refractivity contribution in [3.05, 3.63) is 22.3 Å². The Kier molecular flexibility index (Phi) is 6.99. The molecule has 0 atom stereocenters. The Hall–Kier alpha value is -2.30. The van der Waals surface area contributed by atoms with Crippen molar-refractivity contribution in [1.29, 1.82) is 0 Å². The van der Waals surface area contributed by atoms with E-state index in [-0.39, 0.29) is 12.1 Å². The van der Waals surface area contributed by atoms with Crippen molar-refractivity contribution < 1.29 is 14.6 Å². The highest BCUT2D eigenvalue weighted by Gasteiger charge is 2.24. The zero-order chi connectivity index (χ0) is 21.8. The van der Waals surface area contributed by atoms with Crippen LogP contribution in [0.5, 0.6) is 0 Å². The Morgan fingerprint density at radius 2 is 2.00 bits per heavy atom. The van der Waals surface area contributed by atoms with Crippen LogP contribution in [-0.4, -0.2) is 64.9 Å². The molecule has 0 unspecified atom stereocenters. The predicted molar refractivity (Wildman–Crippen MR) is 120 cm³/mol. The van der Waals surface area contributed by atoms with Gasteiger partial charge in [-0.2, -0.15) is 4.98 Å². The van der Waals surface area contributed by atoms with Crippen molar-refractivity contribution in [2.24, 2.45) is 0 Å². The van der Waals surface area contributed by atoms with E-state index in [0.29, 0.717) is 34.2 Å². The summed E-state index contributed by atoms with van der Waals surface area (Å²) in [5, 5.41) is 17.1. The van der Waals surface area contributed by atoms with Gasteiger partial charge in [0.2, 0.25) is 5.95 Å². The van der Waals surface area contributed by atoms with Crippen LogP contribution < -0.4 is 15.5 Å². The molecule has 2 fully saturated rings. The maximum Gasteiger partial charge on any atom is 0.350 e. The van der Waals surface area contributed by atoms with Gasteiger partial charge in [0.1, 0.15) is 10.7 Å². The molecule has 0 aromatic carbocycles. The maximum atomic E-state index is 12.1. The summed E-state index contributed by atoms with van der Waals surface area (Å²) >= 11 is 1.25. The fourth-order valence-corrected chi connectivity index (χ4v) is 4.88. The summed E-state index contributed by atoms with van der Waals surface area (Å²) in [6.07, 6.45) is 3.32. The van der Waals surface area contributed by atoms with E-state index in [2.05, 4.69) is 26.6 Å². The van der Waals surface area contributed by atoms with Crippen LogP contribution in [0, 0.1) is 6.92 Å². The molecule has 2 aliphatic rings. The molecule has 9 nitrogen and oxygen atoms in total. The zero-order valence-electron chi connectivity index (χ0n) is 18.1. The largest absolute Gasteiger partial charge is 0.462 e. The van der Waals surface area contributed by atoms with Gasteiger partial charge in [0.15, 0.2) is 5.13 Å². The van der Waals surface area contributed by atoms with Gasteiger partial charge in [-0.25, -0.2) is 14.8 Å². The number of hydrogen-bond acceptors (Lipinski definition) is 10. The van der Waals surface area contributed by atoms with Gasteiger partial charge in [-0.1, -0.05) is 11.3 Å². The van der Waals surface area contributed by atoms with Crippen LogP contribution in [0.3, 0.4) is 0 Å². The minimum absolute atomic E-state index is 0.237. The lowest BCUT2D eigenvalue weighted by Crippen LogP contribution is -2.36. The number of piperidine rings is 2. The van der Waals surface area contributed by atoms with E-state index in [0.717, 1.165) is 63.4 Å². The second kappa shape index (κ2) is 9.88. The Morgan fingerprint density at radius 1 is 1.26 bits per heavy atom. The van der Waals surface area contributed by atoms with E-state index < -0.39 is 0 Å². The van der Waals surface area contributed by atoms with Gasteiger partial charge in [0, 0.05) is 25.1 Å². The van der Waals surface area contributed by atoms with E-state index in [1.54, 1.807) is 13.8 Å². The molecule has 2 saturated heterocycles. The molecule has 2 aromatic rings. The number of hydrogen-bond donors (Lipinski definition) is 3. The third-order valence-corrected chi connectivity index (χ3v) is 6.81. The first-order chi connectivity index (χ1) is 15.0. The van der Waals surface area contributed by atoms with Gasteiger partial charge < -0.3 is 20.1 Å². The summed E-state index contributed by atoms with van der Waals surface area (Å²) in [4.78, 5) is 28.9. The number of ether oxygens (including phenoxy) is 1. The van der Waals surface area contributed by atoms with Crippen LogP contribution in [0.25, 0.3) is 0 Å². The van der Waals surface area contributed by atoms with E-state index in [4.69, 9.17) is 14.7 Å². The third kappa shape index (κ3) is 5.31. The smallest absolute Gasteiger partial charge is 0.350 e. The van der Waals surface area contributed by atoms with Gasteiger partial charge in [-0.3, -0.25) is 5.32 Å². The highest BCUT2D eigenvalue weighted by molar-refractivity contribution is 7.17. The van der Waals surface area contributed by atoms with E-state index >= 15 is 0 Å². The summed E-state index contributed by atoms with van der Waals surface area (Å²) in [6.45, 7) is 7.42. The normalized spacial score (nSPS) is 18.2. The van der Waals surface area contributed by atoms with Crippen molar-refractivity contribution >= 4 is 34.2 Å². The molecule has 2 aromatic heterocycles. The fraction of sp³-hybridized carbons (Fsp3) is 0.619. The van der Waals surface area contributed by atoms with Crippen molar-refractivity contribution in [1.82, 2.24) is 20.3 Å². The first-order valence-corrected chi connectivity index (χ1v) is 11.8. The van der Waals surface area contributed by atoms with Crippen LogP contribution in [-0.2, 0) is 4.74 Å². The molecule has 168 valence electrons. The zero-order valence-corrected chi connectivity index (χ0v) is 18.9. The molecule has 0 saturated carbocycles. The minimum atomic E-state index is -0.359. The van der Waals surface area contributed by atoms with Crippen molar-refractivity contribution in [2.75, 3.05) is 43.0 Å². The van der Waals surface area contributed by atoms with Gasteiger partial charge in [-0.15, -0.1) is 0 Å². The van der Waals surface area contributed by atoms with Crippen molar-refractivity contribution in [3.8, 4) is 0 Å². The SMILES string of the molecule is CCOC(=O)c1sc(Nc2nc(C3CCNCC3)cc(N3CCC(O)CC3)n2)nc1C. The van der Waals surface area contributed by atoms with Crippen molar-refractivity contribution in [2.45, 2.75) is 51.6 Å². The second-order valence-electron chi connectivity index (χ2n) is 8.00. The lowest BCUT2D eigenvalue weighted by Gasteiger charge is -2.31. The molecule has 4 rings (SSSR count). The Morgan fingerprint density at radius 3 is 2.71 bits per heavy atom. The number of thiazole rings is 1. The highest BCUT2D eigenvalue weighted by atomic mass is 32.1. The fourth-order valence-electron chi connectivity index (χ4n) is 4.02. The summed E-state index contributed by atoms with van der Waals surface area (Å²) in [7, 11) is 0. The molecular formula is C21H30N6O3S. The second-order valence-corrected chi connectivity index (χ2v) is 9.00. The Bertz CT molecular complexity index is 907. The van der Waals surface area contributed by atoms with Crippen LogP contribution in [0.15, 0.2) is 6.07 Å². The highest BCUT2D eigenvalue weighted by Crippen LogP contribution is 2.31. The van der Waals surface area contributed by atoms with Crippen molar-refractivity contribution in [3.63, 3.8) is 0 Å². The molecule has 4 heterocycles. The standard InChI is InChI=1S/C21H30N6O3S/c1-3-30-19(29)18-13(2)23-21(31-18)26-20-24-16(14-4-8-22-9-5-14)12-17(25-20)27-10-6-15(28)7-11-27/h12,14-15,22,28H,3-11H2,1-2H3,(H,23,24,25,26). The number of aliphatic hydroxyl groups is 1. The molecule has 10 heteroatoms.